The van der Waals surface area contributed by atoms with Crippen molar-refractivity contribution >= 4 is 0 Å². The summed E-state index contributed by atoms with van der Waals surface area (Å²) in [6.07, 6.45) is 5.41. The van der Waals surface area contributed by atoms with Gasteiger partial charge in [-0.1, -0.05) is 19.8 Å². The van der Waals surface area contributed by atoms with E-state index >= 15 is 0 Å². The Hall–Kier alpha value is -0.120. The first-order chi connectivity index (χ1) is 7.69. The van der Waals surface area contributed by atoms with E-state index in [9.17, 15) is 0 Å². The van der Waals surface area contributed by atoms with Crippen LogP contribution < -0.4 is 5.73 Å². The zero-order chi connectivity index (χ0) is 12.0. The normalized spacial score (nSPS) is 21.6. The van der Waals surface area contributed by atoms with Crippen LogP contribution in [0.4, 0.5) is 0 Å². The van der Waals surface area contributed by atoms with Crippen LogP contribution >= 0.6 is 0 Å². The van der Waals surface area contributed by atoms with E-state index in [1.54, 1.807) is 7.11 Å². The highest BCUT2D eigenvalue weighted by Gasteiger charge is 2.24. The van der Waals surface area contributed by atoms with Crippen LogP contribution in [0.2, 0.25) is 0 Å². The van der Waals surface area contributed by atoms with Gasteiger partial charge in [-0.15, -0.1) is 0 Å². The fourth-order valence-corrected chi connectivity index (χ4v) is 2.77. The lowest BCUT2D eigenvalue weighted by Gasteiger charge is -2.31. The average Bonchev–Trinajstić information content (AvgIpc) is 2.79. The molecule has 0 amide bonds. The third kappa shape index (κ3) is 4.04. The minimum Gasteiger partial charge on any atom is -0.383 e. The van der Waals surface area contributed by atoms with Crippen molar-refractivity contribution < 1.29 is 4.74 Å². The molecule has 96 valence electrons. The second-order valence-corrected chi connectivity index (χ2v) is 5.10. The van der Waals surface area contributed by atoms with Crippen LogP contribution in [0.5, 0.6) is 0 Å². The molecule has 0 aliphatic heterocycles. The van der Waals surface area contributed by atoms with Crippen LogP contribution in [-0.4, -0.2) is 43.8 Å². The van der Waals surface area contributed by atoms with Gasteiger partial charge in [0, 0.05) is 25.7 Å². The lowest BCUT2D eigenvalue weighted by molar-refractivity contribution is 0.0939. The fourth-order valence-electron chi connectivity index (χ4n) is 2.77. The van der Waals surface area contributed by atoms with Crippen molar-refractivity contribution in [3.8, 4) is 0 Å². The molecular weight excluding hydrogens is 200 g/mol. The molecule has 0 aromatic rings. The van der Waals surface area contributed by atoms with Crippen LogP contribution in [-0.2, 0) is 4.74 Å². The maximum Gasteiger partial charge on any atom is 0.0615 e. The van der Waals surface area contributed by atoms with Gasteiger partial charge in [0.05, 0.1) is 6.61 Å². The lowest BCUT2D eigenvalue weighted by Crippen LogP contribution is -2.46. The predicted octanol–water partition coefficient (Wildman–Crippen LogP) is 1.86. The van der Waals surface area contributed by atoms with Crippen molar-refractivity contribution in [1.82, 2.24) is 4.90 Å². The third-order valence-electron chi connectivity index (χ3n) is 3.89. The molecule has 0 spiro atoms. The van der Waals surface area contributed by atoms with E-state index in [1.165, 1.54) is 25.7 Å². The molecule has 0 radical (unpaired) electrons. The zero-order valence-corrected chi connectivity index (χ0v) is 11.1. The Morgan fingerprint density at radius 2 is 2.00 bits per heavy atom. The second-order valence-electron chi connectivity index (χ2n) is 5.10. The average molecular weight is 228 g/mol. The molecule has 2 atom stereocenters. The molecular formula is C13H28N2O. The molecule has 2 N–H and O–H groups in total. The summed E-state index contributed by atoms with van der Waals surface area (Å²) in [5.74, 6) is 0.754. The minimum atomic E-state index is 0.349. The Bertz CT molecular complexity index is 181. The number of likely N-dealkylation sites (N-methyl/N-ethyl adjacent to an activating group) is 1. The van der Waals surface area contributed by atoms with E-state index in [0.29, 0.717) is 12.1 Å². The first-order valence-corrected chi connectivity index (χ1v) is 6.67. The Kier molecular flexibility index (Phi) is 6.32. The van der Waals surface area contributed by atoms with Gasteiger partial charge in [0.2, 0.25) is 0 Å². The van der Waals surface area contributed by atoms with Crippen LogP contribution in [0.3, 0.4) is 0 Å². The summed E-state index contributed by atoms with van der Waals surface area (Å²) in [7, 11) is 1.77. The van der Waals surface area contributed by atoms with Crippen LogP contribution in [0, 0.1) is 5.92 Å². The molecule has 1 saturated carbocycles. The Morgan fingerprint density at radius 3 is 2.50 bits per heavy atom. The number of nitrogens with two attached hydrogens (primary N) is 1. The summed E-state index contributed by atoms with van der Waals surface area (Å²) in [6.45, 7) is 7.30. The highest BCUT2D eigenvalue weighted by molar-refractivity contribution is 4.81. The van der Waals surface area contributed by atoms with Crippen molar-refractivity contribution in [2.75, 3.05) is 26.8 Å². The van der Waals surface area contributed by atoms with Gasteiger partial charge in [0.25, 0.3) is 0 Å². The van der Waals surface area contributed by atoms with Gasteiger partial charge in [-0.05, 0) is 32.2 Å². The second kappa shape index (κ2) is 7.25. The minimum absolute atomic E-state index is 0.349. The zero-order valence-electron chi connectivity index (χ0n) is 11.1. The Labute approximate surface area is 100 Å². The smallest absolute Gasteiger partial charge is 0.0615 e. The SMILES string of the molecule is CCN(CC(N)C1CCCC1)C(C)COC. The van der Waals surface area contributed by atoms with Gasteiger partial charge >= 0.3 is 0 Å². The fraction of sp³-hybridized carbons (Fsp3) is 1.00. The summed E-state index contributed by atoms with van der Waals surface area (Å²) in [4.78, 5) is 2.44. The molecule has 1 rings (SSSR count). The molecule has 3 heteroatoms. The lowest BCUT2D eigenvalue weighted by atomic mass is 9.98. The number of hydrogen-bond acceptors (Lipinski definition) is 3. The van der Waals surface area contributed by atoms with Crippen molar-refractivity contribution in [2.45, 2.75) is 51.6 Å². The molecule has 1 fully saturated rings. The topological polar surface area (TPSA) is 38.5 Å². The monoisotopic (exact) mass is 228 g/mol. The van der Waals surface area contributed by atoms with Gasteiger partial charge in [-0.25, -0.2) is 0 Å². The molecule has 0 aromatic carbocycles. The Balaban J connectivity index is 2.35. The highest BCUT2D eigenvalue weighted by atomic mass is 16.5. The number of methoxy groups -OCH3 is 1. The van der Waals surface area contributed by atoms with Crippen molar-refractivity contribution in [3.05, 3.63) is 0 Å². The maximum absolute atomic E-state index is 6.31. The summed E-state index contributed by atoms with van der Waals surface area (Å²) in [5, 5.41) is 0. The Morgan fingerprint density at radius 1 is 1.38 bits per heavy atom. The van der Waals surface area contributed by atoms with Gasteiger partial charge in [-0.2, -0.15) is 0 Å². The first kappa shape index (κ1) is 13.9. The van der Waals surface area contributed by atoms with E-state index in [-0.39, 0.29) is 0 Å². The van der Waals surface area contributed by atoms with Gasteiger partial charge in [0.1, 0.15) is 0 Å². The van der Waals surface area contributed by atoms with Crippen molar-refractivity contribution in [1.29, 1.82) is 0 Å². The third-order valence-corrected chi connectivity index (χ3v) is 3.89. The molecule has 1 aliphatic rings. The summed E-state index contributed by atoms with van der Waals surface area (Å²) in [6, 6.07) is 0.823. The van der Waals surface area contributed by atoms with E-state index in [4.69, 9.17) is 10.5 Å². The predicted molar refractivity (Wildman–Crippen MR) is 68.5 cm³/mol. The molecule has 0 saturated heterocycles. The summed E-state index contributed by atoms with van der Waals surface area (Å²) >= 11 is 0. The van der Waals surface area contributed by atoms with E-state index < -0.39 is 0 Å². The summed E-state index contributed by atoms with van der Waals surface area (Å²) in [5.41, 5.74) is 6.31. The quantitative estimate of drug-likeness (QED) is 0.723. The van der Waals surface area contributed by atoms with Gasteiger partial charge in [-0.3, -0.25) is 4.90 Å². The standard InChI is InChI=1S/C13H28N2O/c1-4-15(11(2)10-16-3)9-13(14)12-7-5-6-8-12/h11-13H,4-10,14H2,1-3H3. The van der Waals surface area contributed by atoms with Gasteiger partial charge in [0.15, 0.2) is 0 Å². The first-order valence-electron chi connectivity index (χ1n) is 6.67. The number of hydrogen-bond donors (Lipinski definition) is 1. The highest BCUT2D eigenvalue weighted by Crippen LogP contribution is 2.27. The van der Waals surface area contributed by atoms with Crippen molar-refractivity contribution in [3.63, 3.8) is 0 Å². The summed E-state index contributed by atoms with van der Waals surface area (Å²) < 4.78 is 5.21. The molecule has 1 aliphatic carbocycles. The molecule has 0 heterocycles. The molecule has 16 heavy (non-hydrogen) atoms. The molecule has 2 unspecified atom stereocenters. The van der Waals surface area contributed by atoms with E-state index in [1.807, 2.05) is 0 Å². The molecule has 0 aromatic heterocycles. The molecule has 3 nitrogen and oxygen atoms in total. The number of ether oxygens (including phenoxy) is 1. The van der Waals surface area contributed by atoms with E-state index in [2.05, 4.69) is 18.7 Å². The van der Waals surface area contributed by atoms with E-state index in [0.717, 1.165) is 25.6 Å². The van der Waals surface area contributed by atoms with Crippen LogP contribution in [0.25, 0.3) is 0 Å². The maximum atomic E-state index is 6.31. The van der Waals surface area contributed by atoms with Crippen LogP contribution in [0.1, 0.15) is 39.5 Å². The van der Waals surface area contributed by atoms with Crippen molar-refractivity contribution in [2.24, 2.45) is 11.7 Å². The number of nitrogens with zero attached hydrogens (tertiary/aromatic N) is 1. The molecule has 0 bridgehead atoms. The number of rotatable bonds is 7. The van der Waals surface area contributed by atoms with Crippen LogP contribution in [0.15, 0.2) is 0 Å². The van der Waals surface area contributed by atoms with Gasteiger partial charge < -0.3 is 10.5 Å². The largest absolute Gasteiger partial charge is 0.383 e.